The van der Waals surface area contributed by atoms with Crippen molar-refractivity contribution < 1.29 is 4.79 Å². The highest BCUT2D eigenvalue weighted by Crippen LogP contribution is 2.24. The third kappa shape index (κ3) is 4.52. The number of rotatable bonds is 4. The molecule has 19 heavy (non-hydrogen) atoms. The minimum Gasteiger partial charge on any atom is -0.376 e. The molecule has 0 aliphatic rings. The molecule has 1 aromatic rings. The quantitative estimate of drug-likeness (QED) is 0.870. The van der Waals surface area contributed by atoms with Gasteiger partial charge in [-0.05, 0) is 11.5 Å². The molecule has 0 aliphatic carbocycles. The molecule has 0 fully saturated rings. The van der Waals surface area contributed by atoms with Crippen LogP contribution in [0, 0.1) is 5.41 Å². The predicted molar refractivity (Wildman–Crippen MR) is 79.2 cm³/mol. The van der Waals surface area contributed by atoms with Crippen LogP contribution in [0.15, 0.2) is 18.5 Å². The Morgan fingerprint density at radius 2 is 2.11 bits per heavy atom. The Bertz CT molecular complexity index is 437. The van der Waals surface area contributed by atoms with Gasteiger partial charge in [0.25, 0.3) is 0 Å². The van der Waals surface area contributed by atoms with Crippen molar-refractivity contribution in [3.8, 4) is 0 Å². The molecule has 1 aromatic heterocycles. The number of pyridine rings is 1. The molecule has 5 nitrogen and oxygen atoms in total. The molecule has 5 heteroatoms. The molecule has 3 N–H and O–H groups in total. The van der Waals surface area contributed by atoms with Gasteiger partial charge in [0.05, 0.1) is 17.6 Å². The lowest BCUT2D eigenvalue weighted by molar-refractivity contribution is -0.117. The Hall–Kier alpha value is -1.62. The molecular formula is C14H24N4O. The largest absolute Gasteiger partial charge is 0.376 e. The van der Waals surface area contributed by atoms with E-state index in [1.54, 1.807) is 12.4 Å². The van der Waals surface area contributed by atoms with Crippen LogP contribution in [0.4, 0.5) is 11.4 Å². The van der Waals surface area contributed by atoms with Gasteiger partial charge in [0.1, 0.15) is 0 Å². The summed E-state index contributed by atoms with van der Waals surface area (Å²) in [6, 6.07) is 1.69. The Kier molecular flexibility index (Phi) is 4.89. The summed E-state index contributed by atoms with van der Waals surface area (Å²) in [7, 11) is 3.84. The lowest BCUT2D eigenvalue weighted by atomic mass is 9.85. The molecule has 0 saturated carbocycles. The van der Waals surface area contributed by atoms with Crippen LogP contribution in [0.3, 0.4) is 0 Å². The van der Waals surface area contributed by atoms with Crippen LogP contribution >= 0.6 is 0 Å². The van der Waals surface area contributed by atoms with Crippen LogP contribution in [-0.2, 0) is 4.79 Å². The molecule has 1 unspecified atom stereocenters. The van der Waals surface area contributed by atoms with E-state index in [0.717, 1.165) is 5.69 Å². The summed E-state index contributed by atoms with van der Waals surface area (Å²) in [5, 5.41) is 2.87. The maximum absolute atomic E-state index is 12.0. The average Bonchev–Trinajstić information content (AvgIpc) is 2.27. The number of nitrogens with one attached hydrogen (secondary N) is 1. The lowest BCUT2D eigenvalue weighted by Gasteiger charge is -2.26. The molecule has 106 valence electrons. The van der Waals surface area contributed by atoms with Gasteiger partial charge in [0.15, 0.2) is 0 Å². The smallest absolute Gasteiger partial charge is 0.226 e. The maximum atomic E-state index is 12.0. The zero-order valence-corrected chi connectivity index (χ0v) is 12.4. The first-order chi connectivity index (χ1) is 8.71. The Balaban J connectivity index is 2.73. The van der Waals surface area contributed by atoms with Crippen molar-refractivity contribution in [1.29, 1.82) is 0 Å². The molecule has 0 bridgehead atoms. The van der Waals surface area contributed by atoms with Crippen molar-refractivity contribution in [2.24, 2.45) is 11.1 Å². The first kappa shape index (κ1) is 15.4. The molecule has 0 aliphatic heterocycles. The van der Waals surface area contributed by atoms with Crippen molar-refractivity contribution in [3.05, 3.63) is 18.5 Å². The fraction of sp³-hybridized carbons (Fsp3) is 0.571. The third-order valence-corrected chi connectivity index (χ3v) is 3.07. The molecular weight excluding hydrogens is 240 g/mol. The number of nitrogens with zero attached hydrogens (tertiary/aromatic N) is 2. The van der Waals surface area contributed by atoms with Gasteiger partial charge in [-0.25, -0.2) is 0 Å². The molecule has 1 heterocycles. The van der Waals surface area contributed by atoms with Crippen molar-refractivity contribution in [1.82, 2.24) is 4.98 Å². The number of carbonyl (C=O) groups excluding carboxylic acids is 1. The van der Waals surface area contributed by atoms with E-state index in [4.69, 9.17) is 5.73 Å². The number of hydrogen-bond acceptors (Lipinski definition) is 4. The van der Waals surface area contributed by atoms with Crippen molar-refractivity contribution in [2.45, 2.75) is 33.2 Å². The topological polar surface area (TPSA) is 71.2 Å². The van der Waals surface area contributed by atoms with Gasteiger partial charge in [0, 0.05) is 32.8 Å². The SMILES string of the molecule is CN(C)c1ccncc1NC(=O)CC(N)C(C)(C)C. The van der Waals surface area contributed by atoms with E-state index >= 15 is 0 Å². The first-order valence-corrected chi connectivity index (χ1v) is 6.38. The van der Waals surface area contributed by atoms with Gasteiger partial charge >= 0.3 is 0 Å². The zero-order valence-electron chi connectivity index (χ0n) is 12.4. The van der Waals surface area contributed by atoms with E-state index in [1.165, 1.54) is 0 Å². The van der Waals surface area contributed by atoms with E-state index < -0.39 is 0 Å². The summed E-state index contributed by atoms with van der Waals surface area (Å²) in [4.78, 5) is 18.0. The average molecular weight is 264 g/mol. The van der Waals surface area contributed by atoms with Gasteiger partial charge < -0.3 is 16.0 Å². The second-order valence-electron chi connectivity index (χ2n) is 6.01. The van der Waals surface area contributed by atoms with Crippen LogP contribution in [0.1, 0.15) is 27.2 Å². The number of hydrogen-bond donors (Lipinski definition) is 2. The molecule has 0 aromatic carbocycles. The summed E-state index contributed by atoms with van der Waals surface area (Å²) in [5.74, 6) is -0.0847. The molecule has 1 rings (SSSR count). The first-order valence-electron chi connectivity index (χ1n) is 6.38. The Morgan fingerprint density at radius 1 is 1.47 bits per heavy atom. The maximum Gasteiger partial charge on any atom is 0.226 e. The number of nitrogens with two attached hydrogens (primary N) is 1. The van der Waals surface area contributed by atoms with E-state index in [9.17, 15) is 4.79 Å². The highest BCUT2D eigenvalue weighted by atomic mass is 16.1. The molecule has 1 atom stereocenters. The van der Waals surface area contributed by atoms with E-state index in [-0.39, 0.29) is 17.4 Å². The summed E-state index contributed by atoms with van der Waals surface area (Å²) >= 11 is 0. The van der Waals surface area contributed by atoms with E-state index in [1.807, 2.05) is 45.8 Å². The van der Waals surface area contributed by atoms with E-state index in [0.29, 0.717) is 12.1 Å². The lowest BCUT2D eigenvalue weighted by Crippen LogP contribution is -2.38. The molecule has 1 amide bonds. The normalized spacial score (nSPS) is 12.9. The van der Waals surface area contributed by atoms with Gasteiger partial charge in [-0.2, -0.15) is 0 Å². The third-order valence-electron chi connectivity index (χ3n) is 3.07. The summed E-state index contributed by atoms with van der Waals surface area (Å²) in [6.45, 7) is 6.08. The van der Waals surface area contributed by atoms with Crippen LogP contribution in [0.5, 0.6) is 0 Å². The zero-order chi connectivity index (χ0) is 14.6. The van der Waals surface area contributed by atoms with Gasteiger partial charge in [-0.1, -0.05) is 20.8 Å². The molecule has 0 saturated heterocycles. The van der Waals surface area contributed by atoms with E-state index in [2.05, 4.69) is 10.3 Å². The summed E-state index contributed by atoms with van der Waals surface area (Å²) in [5.41, 5.74) is 7.56. The number of amides is 1. The van der Waals surface area contributed by atoms with Gasteiger partial charge in [-0.3, -0.25) is 9.78 Å². The van der Waals surface area contributed by atoms with Crippen LogP contribution in [0.25, 0.3) is 0 Å². The Morgan fingerprint density at radius 3 is 2.63 bits per heavy atom. The van der Waals surface area contributed by atoms with Crippen LogP contribution in [-0.4, -0.2) is 31.0 Å². The van der Waals surface area contributed by atoms with Crippen LogP contribution < -0.4 is 16.0 Å². The van der Waals surface area contributed by atoms with Gasteiger partial charge in [0.2, 0.25) is 5.91 Å². The minimum absolute atomic E-state index is 0.0847. The monoisotopic (exact) mass is 264 g/mol. The molecule has 0 spiro atoms. The van der Waals surface area contributed by atoms with Crippen LogP contribution in [0.2, 0.25) is 0 Å². The predicted octanol–water partition coefficient (Wildman–Crippen LogP) is 1.85. The number of aromatic nitrogens is 1. The standard InChI is InChI=1S/C14H24N4O/c1-14(2,3)12(15)8-13(19)17-10-9-16-7-6-11(10)18(4)5/h6-7,9,12H,8,15H2,1-5H3,(H,17,19). The second-order valence-corrected chi connectivity index (χ2v) is 6.01. The fourth-order valence-corrected chi connectivity index (χ4v) is 1.58. The highest BCUT2D eigenvalue weighted by molar-refractivity contribution is 5.94. The van der Waals surface area contributed by atoms with Gasteiger partial charge in [-0.15, -0.1) is 0 Å². The molecule has 0 radical (unpaired) electrons. The fourth-order valence-electron chi connectivity index (χ4n) is 1.58. The van der Waals surface area contributed by atoms with Crippen molar-refractivity contribution in [2.75, 3.05) is 24.3 Å². The number of anilines is 2. The minimum atomic E-state index is -0.174. The number of carbonyl (C=O) groups is 1. The highest BCUT2D eigenvalue weighted by Gasteiger charge is 2.23. The van der Waals surface area contributed by atoms with Crippen molar-refractivity contribution in [3.63, 3.8) is 0 Å². The van der Waals surface area contributed by atoms with Crippen molar-refractivity contribution >= 4 is 17.3 Å². The summed E-state index contributed by atoms with van der Waals surface area (Å²) < 4.78 is 0. The summed E-state index contributed by atoms with van der Waals surface area (Å²) in [6.07, 6.45) is 3.65. The second kappa shape index (κ2) is 6.02. The Labute approximate surface area is 115 Å².